The van der Waals surface area contributed by atoms with Gasteiger partial charge in [-0.25, -0.2) is 0 Å². The van der Waals surface area contributed by atoms with Crippen molar-refractivity contribution in [3.8, 4) is 0 Å². The Bertz CT molecular complexity index is 606. The number of carbonyl (C=O) groups is 1. The summed E-state index contributed by atoms with van der Waals surface area (Å²) in [4.78, 5) is 12.3. The zero-order chi connectivity index (χ0) is 14.7. The van der Waals surface area contributed by atoms with Gasteiger partial charge in [0, 0.05) is 12.1 Å². The molecule has 0 saturated carbocycles. The van der Waals surface area contributed by atoms with Crippen molar-refractivity contribution >= 4 is 17.4 Å². The molecule has 0 aromatic carbocycles. The molecule has 0 spiro atoms. The molecule has 0 aliphatic heterocycles. The fourth-order valence-corrected chi connectivity index (χ4v) is 2.55. The van der Waals surface area contributed by atoms with E-state index >= 15 is 0 Å². The van der Waals surface area contributed by atoms with Crippen molar-refractivity contribution in [2.24, 2.45) is 0 Å². The van der Waals surface area contributed by atoms with Crippen molar-refractivity contribution in [1.82, 2.24) is 14.9 Å². The molecule has 0 fully saturated rings. The molecule has 0 aliphatic carbocycles. The van der Waals surface area contributed by atoms with Crippen LogP contribution in [0, 0.1) is 20.8 Å². The van der Waals surface area contributed by atoms with Crippen LogP contribution in [-0.4, -0.2) is 27.1 Å². The summed E-state index contributed by atoms with van der Waals surface area (Å²) in [5.74, 6) is 1.28. The van der Waals surface area contributed by atoms with Gasteiger partial charge in [0.15, 0.2) is 0 Å². The third-order valence-corrected chi connectivity index (χ3v) is 3.83. The highest BCUT2D eigenvalue weighted by atomic mass is 32.1. The SMILES string of the molecule is Cc1cc([C@@H](O)CCNC(=O)c2snnc2C)c(C)o1. The molecule has 2 aromatic heterocycles. The first kappa shape index (κ1) is 14.7. The first-order chi connectivity index (χ1) is 9.49. The predicted molar refractivity (Wildman–Crippen MR) is 74.7 cm³/mol. The second-order valence-corrected chi connectivity index (χ2v) is 5.37. The lowest BCUT2D eigenvalue weighted by Gasteiger charge is -2.10. The standard InChI is InChI=1S/C13H17N3O3S/c1-7-6-10(9(3)19-7)11(17)4-5-14-13(18)12-8(2)15-16-20-12/h6,11,17H,4-5H2,1-3H3,(H,14,18)/t11-/m0/s1. The summed E-state index contributed by atoms with van der Waals surface area (Å²) >= 11 is 1.07. The first-order valence-electron chi connectivity index (χ1n) is 6.31. The van der Waals surface area contributed by atoms with Crippen LogP contribution in [0.1, 0.15) is 45.0 Å². The van der Waals surface area contributed by atoms with Crippen LogP contribution in [-0.2, 0) is 0 Å². The first-order valence-corrected chi connectivity index (χ1v) is 7.08. The van der Waals surface area contributed by atoms with Gasteiger partial charge in [-0.2, -0.15) is 0 Å². The number of aromatic nitrogens is 2. The normalized spacial score (nSPS) is 12.4. The Morgan fingerprint density at radius 2 is 2.25 bits per heavy atom. The molecule has 7 heteroatoms. The third-order valence-electron chi connectivity index (χ3n) is 3.00. The van der Waals surface area contributed by atoms with Gasteiger partial charge in [0.05, 0.1) is 11.8 Å². The molecule has 0 unspecified atom stereocenters. The Labute approximate surface area is 121 Å². The van der Waals surface area contributed by atoms with Crippen molar-refractivity contribution in [2.75, 3.05) is 6.54 Å². The van der Waals surface area contributed by atoms with Crippen molar-refractivity contribution in [2.45, 2.75) is 33.3 Å². The molecule has 0 saturated heterocycles. The highest BCUT2D eigenvalue weighted by Gasteiger charge is 2.16. The monoisotopic (exact) mass is 295 g/mol. The molecule has 1 amide bonds. The maximum atomic E-state index is 11.8. The number of carbonyl (C=O) groups excluding carboxylic acids is 1. The van der Waals surface area contributed by atoms with Gasteiger partial charge in [-0.05, 0) is 44.8 Å². The Hall–Kier alpha value is -1.73. The Kier molecular flexibility index (Phi) is 4.51. The molecule has 20 heavy (non-hydrogen) atoms. The summed E-state index contributed by atoms with van der Waals surface area (Å²) in [6, 6.07) is 1.82. The van der Waals surface area contributed by atoms with Crippen molar-refractivity contribution in [3.63, 3.8) is 0 Å². The summed E-state index contributed by atoms with van der Waals surface area (Å²) < 4.78 is 9.09. The summed E-state index contributed by atoms with van der Waals surface area (Å²) in [7, 11) is 0. The van der Waals surface area contributed by atoms with E-state index in [9.17, 15) is 9.90 Å². The average molecular weight is 295 g/mol. The maximum absolute atomic E-state index is 11.8. The summed E-state index contributed by atoms with van der Waals surface area (Å²) in [5.41, 5.74) is 1.39. The molecule has 0 radical (unpaired) electrons. The van der Waals surface area contributed by atoms with Gasteiger partial charge < -0.3 is 14.8 Å². The minimum absolute atomic E-state index is 0.204. The number of aliphatic hydroxyl groups is 1. The lowest BCUT2D eigenvalue weighted by Crippen LogP contribution is -2.25. The topological polar surface area (TPSA) is 88.2 Å². The second kappa shape index (κ2) is 6.15. The molecule has 0 bridgehead atoms. The van der Waals surface area contributed by atoms with Gasteiger partial charge in [0.1, 0.15) is 16.4 Å². The molecule has 0 aliphatic rings. The van der Waals surface area contributed by atoms with Gasteiger partial charge >= 0.3 is 0 Å². The smallest absolute Gasteiger partial charge is 0.264 e. The number of hydrogen-bond acceptors (Lipinski definition) is 6. The molecule has 1 atom stereocenters. The number of amides is 1. The van der Waals surface area contributed by atoms with Gasteiger partial charge in [-0.15, -0.1) is 5.10 Å². The van der Waals surface area contributed by atoms with E-state index in [4.69, 9.17) is 4.42 Å². The Morgan fingerprint density at radius 1 is 1.50 bits per heavy atom. The molecular formula is C13H17N3O3S. The van der Waals surface area contributed by atoms with E-state index < -0.39 is 6.10 Å². The number of nitrogens with one attached hydrogen (secondary N) is 1. The number of aryl methyl sites for hydroxylation is 3. The predicted octanol–water partition coefficient (Wildman–Crippen LogP) is 1.91. The van der Waals surface area contributed by atoms with Crippen LogP contribution < -0.4 is 5.32 Å². The van der Waals surface area contributed by atoms with Gasteiger partial charge in [-0.3, -0.25) is 4.79 Å². The molecular weight excluding hydrogens is 278 g/mol. The van der Waals surface area contributed by atoms with E-state index in [1.807, 2.05) is 19.9 Å². The quantitative estimate of drug-likeness (QED) is 0.879. The largest absolute Gasteiger partial charge is 0.466 e. The van der Waals surface area contributed by atoms with Crippen LogP contribution in [0.4, 0.5) is 0 Å². The van der Waals surface area contributed by atoms with Crippen LogP contribution in [0.25, 0.3) is 0 Å². The Balaban J connectivity index is 1.86. The van der Waals surface area contributed by atoms with Gasteiger partial charge in [0.2, 0.25) is 0 Å². The number of furan rings is 1. The molecule has 2 rings (SSSR count). The van der Waals surface area contributed by atoms with E-state index in [0.29, 0.717) is 29.3 Å². The highest BCUT2D eigenvalue weighted by Crippen LogP contribution is 2.23. The molecule has 2 N–H and O–H groups in total. The average Bonchev–Trinajstić information content (AvgIpc) is 2.95. The molecule has 6 nitrogen and oxygen atoms in total. The highest BCUT2D eigenvalue weighted by molar-refractivity contribution is 7.07. The zero-order valence-electron chi connectivity index (χ0n) is 11.6. The van der Waals surface area contributed by atoms with E-state index in [-0.39, 0.29) is 5.91 Å². The maximum Gasteiger partial charge on any atom is 0.264 e. The number of nitrogens with zero attached hydrogens (tertiary/aromatic N) is 2. The van der Waals surface area contributed by atoms with Gasteiger partial charge in [-0.1, -0.05) is 4.49 Å². The molecule has 2 heterocycles. The van der Waals surface area contributed by atoms with Crippen LogP contribution in [0.15, 0.2) is 10.5 Å². The van der Waals surface area contributed by atoms with Crippen LogP contribution in [0.5, 0.6) is 0 Å². The fraction of sp³-hybridized carbons (Fsp3) is 0.462. The van der Waals surface area contributed by atoms with Crippen LogP contribution in [0.3, 0.4) is 0 Å². The Morgan fingerprint density at radius 3 is 2.80 bits per heavy atom. The summed E-state index contributed by atoms with van der Waals surface area (Å²) in [5, 5.41) is 16.6. The zero-order valence-corrected chi connectivity index (χ0v) is 12.5. The van der Waals surface area contributed by atoms with E-state index in [0.717, 1.165) is 22.9 Å². The number of aliphatic hydroxyl groups excluding tert-OH is 1. The third kappa shape index (κ3) is 3.23. The van der Waals surface area contributed by atoms with Crippen molar-refractivity contribution in [1.29, 1.82) is 0 Å². The van der Waals surface area contributed by atoms with Crippen molar-refractivity contribution < 1.29 is 14.3 Å². The lowest BCUT2D eigenvalue weighted by molar-refractivity contribution is 0.0945. The van der Waals surface area contributed by atoms with E-state index in [1.54, 1.807) is 6.92 Å². The fourth-order valence-electron chi connectivity index (χ4n) is 1.98. The van der Waals surface area contributed by atoms with E-state index in [1.165, 1.54) is 0 Å². The molecule has 2 aromatic rings. The molecule has 108 valence electrons. The van der Waals surface area contributed by atoms with Crippen LogP contribution >= 0.6 is 11.5 Å². The minimum Gasteiger partial charge on any atom is -0.466 e. The number of hydrogen-bond donors (Lipinski definition) is 2. The lowest BCUT2D eigenvalue weighted by atomic mass is 10.1. The summed E-state index contributed by atoms with van der Waals surface area (Å²) in [6.45, 7) is 5.77. The number of rotatable bonds is 5. The van der Waals surface area contributed by atoms with Gasteiger partial charge in [0.25, 0.3) is 5.91 Å². The summed E-state index contributed by atoms with van der Waals surface area (Å²) in [6.07, 6.45) is -0.218. The van der Waals surface area contributed by atoms with Crippen LogP contribution in [0.2, 0.25) is 0 Å². The van der Waals surface area contributed by atoms with E-state index in [2.05, 4.69) is 14.9 Å². The second-order valence-electron chi connectivity index (χ2n) is 4.62. The minimum atomic E-state index is -0.645. The van der Waals surface area contributed by atoms with Crippen molar-refractivity contribution in [3.05, 3.63) is 33.7 Å².